The molecule has 0 aromatic heterocycles. The maximum Gasteiger partial charge on any atom is 0.303 e. The number of aliphatic carboxylic acids is 1. The van der Waals surface area contributed by atoms with Gasteiger partial charge in [0.1, 0.15) is 0 Å². The highest BCUT2D eigenvalue weighted by Gasteiger charge is 2.09. The Balaban J connectivity index is 3.66. The lowest BCUT2D eigenvalue weighted by Gasteiger charge is -2.14. The molecule has 94 valence electrons. The maximum absolute atomic E-state index is 11.3. The highest BCUT2D eigenvalue weighted by atomic mass is 16.4. The summed E-state index contributed by atoms with van der Waals surface area (Å²) in [6.07, 6.45) is 4.54. The fourth-order valence-electron chi connectivity index (χ4n) is 1.51. The topological polar surface area (TPSA) is 66.4 Å². The Kier molecular flexibility index (Phi) is 8.58. The number of carbonyl (C=O) groups is 2. The minimum atomic E-state index is -0.923. The Bertz CT molecular complexity index is 216. The predicted molar refractivity (Wildman–Crippen MR) is 63.2 cm³/mol. The van der Waals surface area contributed by atoms with E-state index >= 15 is 0 Å². The fraction of sp³-hybridized carbons (Fsp3) is 0.833. The molecule has 0 heterocycles. The van der Waals surface area contributed by atoms with E-state index in [9.17, 15) is 9.59 Å². The Hall–Kier alpha value is -1.06. The highest BCUT2D eigenvalue weighted by molar-refractivity contribution is 5.80. The molecule has 0 fully saturated rings. The molecule has 4 heteroatoms. The quantitative estimate of drug-likeness (QED) is 0.637. The fourth-order valence-corrected chi connectivity index (χ4v) is 1.51. The Morgan fingerprint density at radius 2 is 1.94 bits per heavy atom. The third-order valence-corrected chi connectivity index (χ3v) is 2.70. The second-order valence-electron chi connectivity index (χ2n) is 4.11. The van der Waals surface area contributed by atoms with E-state index in [2.05, 4.69) is 19.2 Å². The predicted octanol–water partition coefficient (Wildman–Crippen LogP) is 2.18. The van der Waals surface area contributed by atoms with E-state index in [-0.39, 0.29) is 18.7 Å². The molecule has 4 nitrogen and oxygen atoms in total. The van der Waals surface area contributed by atoms with Gasteiger partial charge < -0.3 is 10.4 Å². The van der Waals surface area contributed by atoms with Crippen LogP contribution in [0.2, 0.25) is 0 Å². The van der Waals surface area contributed by atoms with Gasteiger partial charge in [-0.05, 0) is 12.3 Å². The monoisotopic (exact) mass is 229 g/mol. The molecule has 0 spiro atoms. The number of carboxylic acids is 1. The van der Waals surface area contributed by atoms with Crippen LogP contribution >= 0.6 is 0 Å². The zero-order valence-electron chi connectivity index (χ0n) is 10.3. The van der Waals surface area contributed by atoms with E-state index in [1.165, 1.54) is 12.8 Å². The van der Waals surface area contributed by atoms with Crippen molar-refractivity contribution >= 4 is 11.9 Å². The summed E-state index contributed by atoms with van der Waals surface area (Å²) in [5.74, 6) is -0.556. The first-order valence-corrected chi connectivity index (χ1v) is 6.08. The molecule has 0 aliphatic heterocycles. The van der Waals surface area contributed by atoms with Crippen molar-refractivity contribution in [3.63, 3.8) is 0 Å². The lowest BCUT2D eigenvalue weighted by molar-refractivity contribution is -0.138. The molecule has 0 radical (unpaired) electrons. The second-order valence-corrected chi connectivity index (χ2v) is 4.11. The number of unbranched alkanes of at least 4 members (excludes halogenated alkanes) is 1. The normalized spacial score (nSPS) is 12.1. The lowest BCUT2D eigenvalue weighted by Crippen LogP contribution is -2.29. The molecule has 0 aromatic carbocycles. The van der Waals surface area contributed by atoms with Crippen LogP contribution in [0.4, 0.5) is 0 Å². The number of rotatable bonds is 9. The first-order valence-electron chi connectivity index (χ1n) is 6.08. The third kappa shape index (κ3) is 8.26. The van der Waals surface area contributed by atoms with Gasteiger partial charge in [-0.15, -0.1) is 0 Å². The van der Waals surface area contributed by atoms with Crippen molar-refractivity contribution in [2.24, 2.45) is 5.92 Å². The molecule has 0 saturated heterocycles. The van der Waals surface area contributed by atoms with Crippen LogP contribution < -0.4 is 5.32 Å². The molecule has 0 rings (SSSR count). The van der Waals surface area contributed by atoms with Crippen LogP contribution in [0.5, 0.6) is 0 Å². The molecule has 0 aliphatic rings. The van der Waals surface area contributed by atoms with E-state index in [1.54, 1.807) is 0 Å². The van der Waals surface area contributed by atoms with Crippen LogP contribution in [0.3, 0.4) is 0 Å². The molecule has 16 heavy (non-hydrogen) atoms. The number of carboxylic acid groups (broad SMARTS) is 1. The Labute approximate surface area is 97.4 Å². The number of carbonyl (C=O) groups excluding carboxylic acids is 1. The summed E-state index contributed by atoms with van der Waals surface area (Å²) >= 11 is 0. The van der Waals surface area contributed by atoms with Crippen molar-refractivity contribution < 1.29 is 14.7 Å². The maximum atomic E-state index is 11.3. The van der Waals surface area contributed by atoms with Gasteiger partial charge in [0.05, 0.1) is 6.42 Å². The van der Waals surface area contributed by atoms with Crippen molar-refractivity contribution in [1.82, 2.24) is 5.32 Å². The minimum absolute atomic E-state index is 0.0829. The molecule has 0 saturated carbocycles. The average molecular weight is 229 g/mol. The number of hydrogen-bond acceptors (Lipinski definition) is 2. The van der Waals surface area contributed by atoms with Crippen LogP contribution in [-0.4, -0.2) is 23.5 Å². The van der Waals surface area contributed by atoms with Gasteiger partial charge in [-0.2, -0.15) is 0 Å². The second kappa shape index (κ2) is 9.19. The molecule has 0 bridgehead atoms. The van der Waals surface area contributed by atoms with E-state index in [0.717, 1.165) is 12.8 Å². The number of nitrogens with one attached hydrogen (secondary N) is 1. The van der Waals surface area contributed by atoms with Gasteiger partial charge in [-0.1, -0.05) is 33.1 Å². The van der Waals surface area contributed by atoms with Gasteiger partial charge in [0.25, 0.3) is 0 Å². The van der Waals surface area contributed by atoms with E-state index < -0.39 is 5.97 Å². The van der Waals surface area contributed by atoms with Crippen molar-refractivity contribution in [3.05, 3.63) is 0 Å². The van der Waals surface area contributed by atoms with Crippen LogP contribution in [0.25, 0.3) is 0 Å². The van der Waals surface area contributed by atoms with E-state index in [1.807, 2.05) is 0 Å². The standard InChI is InChI=1S/C12H23NO3/c1-3-5-6-10(4-2)9-13-11(14)7-8-12(15)16/h10H,3-9H2,1-2H3,(H,13,14)(H,15,16)/t10-/m0/s1. The summed E-state index contributed by atoms with van der Waals surface area (Å²) in [4.78, 5) is 21.5. The Morgan fingerprint density at radius 1 is 1.25 bits per heavy atom. The summed E-state index contributed by atoms with van der Waals surface area (Å²) < 4.78 is 0. The van der Waals surface area contributed by atoms with Gasteiger partial charge in [0, 0.05) is 13.0 Å². The molecular formula is C12H23NO3. The van der Waals surface area contributed by atoms with Crippen LogP contribution in [0, 0.1) is 5.92 Å². The van der Waals surface area contributed by atoms with Crippen molar-refractivity contribution in [3.8, 4) is 0 Å². The van der Waals surface area contributed by atoms with Gasteiger partial charge >= 0.3 is 5.97 Å². The lowest BCUT2D eigenvalue weighted by atomic mass is 9.99. The molecule has 0 unspecified atom stereocenters. The van der Waals surface area contributed by atoms with E-state index in [0.29, 0.717) is 12.5 Å². The number of hydrogen-bond donors (Lipinski definition) is 2. The SMILES string of the molecule is CCCC[C@H](CC)CNC(=O)CCC(=O)O. The average Bonchev–Trinajstić information content (AvgIpc) is 2.26. The largest absolute Gasteiger partial charge is 0.481 e. The molecule has 1 amide bonds. The molecule has 2 N–H and O–H groups in total. The van der Waals surface area contributed by atoms with Crippen molar-refractivity contribution in [1.29, 1.82) is 0 Å². The van der Waals surface area contributed by atoms with Gasteiger partial charge in [-0.3, -0.25) is 9.59 Å². The van der Waals surface area contributed by atoms with Gasteiger partial charge in [0.15, 0.2) is 0 Å². The molecule has 1 atom stereocenters. The molecular weight excluding hydrogens is 206 g/mol. The van der Waals surface area contributed by atoms with Crippen LogP contribution in [0.1, 0.15) is 52.4 Å². The first kappa shape index (κ1) is 14.9. The third-order valence-electron chi connectivity index (χ3n) is 2.70. The van der Waals surface area contributed by atoms with E-state index in [4.69, 9.17) is 5.11 Å². The highest BCUT2D eigenvalue weighted by Crippen LogP contribution is 2.11. The number of amides is 1. The van der Waals surface area contributed by atoms with Gasteiger partial charge in [-0.25, -0.2) is 0 Å². The summed E-state index contributed by atoms with van der Waals surface area (Å²) in [6, 6.07) is 0. The first-order chi connectivity index (χ1) is 7.60. The van der Waals surface area contributed by atoms with Gasteiger partial charge in [0.2, 0.25) is 5.91 Å². The summed E-state index contributed by atoms with van der Waals surface area (Å²) in [5.41, 5.74) is 0. The van der Waals surface area contributed by atoms with Crippen LogP contribution in [-0.2, 0) is 9.59 Å². The van der Waals surface area contributed by atoms with Crippen molar-refractivity contribution in [2.45, 2.75) is 52.4 Å². The summed E-state index contributed by atoms with van der Waals surface area (Å²) in [5, 5.41) is 11.2. The summed E-state index contributed by atoms with van der Waals surface area (Å²) in [6.45, 7) is 4.94. The summed E-state index contributed by atoms with van der Waals surface area (Å²) in [7, 11) is 0. The smallest absolute Gasteiger partial charge is 0.303 e. The van der Waals surface area contributed by atoms with Crippen LogP contribution in [0.15, 0.2) is 0 Å². The molecule has 0 aliphatic carbocycles. The molecule has 0 aromatic rings. The Morgan fingerprint density at radius 3 is 2.44 bits per heavy atom. The zero-order valence-corrected chi connectivity index (χ0v) is 10.3. The van der Waals surface area contributed by atoms with Crippen molar-refractivity contribution in [2.75, 3.05) is 6.54 Å². The minimum Gasteiger partial charge on any atom is -0.481 e. The zero-order chi connectivity index (χ0) is 12.4.